The van der Waals surface area contributed by atoms with Crippen LogP contribution in [0.3, 0.4) is 0 Å². The highest BCUT2D eigenvalue weighted by Crippen LogP contribution is 2.51. The summed E-state index contributed by atoms with van der Waals surface area (Å²) in [5.74, 6) is -0.551. The highest BCUT2D eigenvalue weighted by Gasteiger charge is 2.37. The van der Waals surface area contributed by atoms with E-state index in [2.05, 4.69) is 10.6 Å². The van der Waals surface area contributed by atoms with Crippen molar-refractivity contribution in [1.82, 2.24) is 5.32 Å². The molecule has 9 heteroatoms. The van der Waals surface area contributed by atoms with Gasteiger partial charge in [0, 0.05) is 5.69 Å². The topological polar surface area (TPSA) is 59.6 Å². The fourth-order valence-corrected chi connectivity index (χ4v) is 4.48. The molecule has 3 aromatic carbocycles. The molecule has 0 radical (unpaired) electrons. The van der Waals surface area contributed by atoms with Crippen LogP contribution in [0.5, 0.6) is 11.5 Å². The molecule has 3 aromatic rings. The van der Waals surface area contributed by atoms with Crippen LogP contribution in [0.4, 0.5) is 10.1 Å². The summed E-state index contributed by atoms with van der Waals surface area (Å²) in [6.07, 6.45) is 0. The monoisotopic (exact) mass is 464 g/mol. The van der Waals surface area contributed by atoms with E-state index < -0.39 is 19.2 Å². The molecular weight excluding hydrogens is 446 g/mol. The number of benzene rings is 3. The fourth-order valence-electron chi connectivity index (χ4n) is 2.44. The standard InChI is InChI=1S/C21H19ClFN2O3PS/c1-15(24-21(30)25-16-12-13-20(23)19(22)14-16)29(26,27-17-8-4-2-5-9-17)28-18-10-6-3-7-11-18/h2-15H,1H3,(H2,24,25,30)/t15-/m0/s1. The van der Waals surface area contributed by atoms with Crippen molar-refractivity contribution >= 4 is 42.2 Å². The van der Waals surface area contributed by atoms with E-state index in [0.717, 1.165) is 0 Å². The fraction of sp³-hybridized carbons (Fsp3) is 0.0952. The summed E-state index contributed by atoms with van der Waals surface area (Å²) in [5, 5.41) is 5.90. The lowest BCUT2D eigenvalue weighted by atomic mass is 10.3. The van der Waals surface area contributed by atoms with Gasteiger partial charge in [0.2, 0.25) is 0 Å². The van der Waals surface area contributed by atoms with Crippen molar-refractivity contribution in [1.29, 1.82) is 0 Å². The van der Waals surface area contributed by atoms with E-state index in [4.69, 9.17) is 32.9 Å². The quantitative estimate of drug-likeness (QED) is 0.309. The second-order valence-corrected chi connectivity index (χ2v) is 9.29. The molecule has 0 spiro atoms. The van der Waals surface area contributed by atoms with Gasteiger partial charge >= 0.3 is 7.60 Å². The van der Waals surface area contributed by atoms with Crippen LogP contribution in [0.15, 0.2) is 78.9 Å². The summed E-state index contributed by atoms with van der Waals surface area (Å²) >= 11 is 11.1. The Hall–Kier alpha value is -2.60. The molecule has 0 saturated carbocycles. The summed E-state index contributed by atoms with van der Waals surface area (Å²) in [6.45, 7) is 1.64. The average Bonchev–Trinajstić information content (AvgIpc) is 2.72. The van der Waals surface area contributed by atoms with Gasteiger partial charge in [-0.05, 0) is 61.6 Å². The zero-order chi connectivity index (χ0) is 21.6. The van der Waals surface area contributed by atoms with Crippen LogP contribution in [0, 0.1) is 5.82 Å². The molecule has 5 nitrogen and oxygen atoms in total. The maximum atomic E-state index is 13.7. The van der Waals surface area contributed by atoms with Gasteiger partial charge < -0.3 is 19.7 Å². The molecule has 0 aliphatic heterocycles. The van der Waals surface area contributed by atoms with Gasteiger partial charge in [0.25, 0.3) is 0 Å². The molecule has 0 saturated heterocycles. The average molecular weight is 465 g/mol. The van der Waals surface area contributed by atoms with E-state index in [-0.39, 0.29) is 10.1 Å². The van der Waals surface area contributed by atoms with Crippen LogP contribution >= 0.6 is 31.4 Å². The van der Waals surface area contributed by atoms with E-state index >= 15 is 0 Å². The van der Waals surface area contributed by atoms with Gasteiger partial charge in [-0.1, -0.05) is 48.0 Å². The van der Waals surface area contributed by atoms with Gasteiger partial charge in [0.15, 0.2) is 10.9 Å². The highest BCUT2D eigenvalue weighted by atomic mass is 35.5. The van der Waals surface area contributed by atoms with Crippen LogP contribution in [-0.2, 0) is 4.57 Å². The van der Waals surface area contributed by atoms with Crippen LogP contribution < -0.4 is 19.7 Å². The van der Waals surface area contributed by atoms with E-state index in [9.17, 15) is 8.96 Å². The Kier molecular flexibility index (Phi) is 7.32. The Labute approximate surface area is 184 Å². The Bertz CT molecular complexity index is 1010. The largest absolute Gasteiger partial charge is 0.452 e. The third-order valence-electron chi connectivity index (χ3n) is 3.94. The summed E-state index contributed by atoms with van der Waals surface area (Å²) in [4.78, 5) is 0. The number of thiocarbonyl (C=S) groups is 1. The minimum absolute atomic E-state index is 0.0404. The number of halogens is 2. The zero-order valence-electron chi connectivity index (χ0n) is 15.9. The molecule has 156 valence electrons. The number of hydrogen-bond acceptors (Lipinski definition) is 4. The SMILES string of the molecule is C[C@@H](NC(=S)Nc1ccc(F)c(Cl)c1)P(=O)(Oc1ccccc1)Oc1ccccc1. The van der Waals surface area contributed by atoms with Crippen LogP contribution in [-0.4, -0.2) is 10.9 Å². The number of anilines is 1. The van der Waals surface area contributed by atoms with Crippen molar-refractivity contribution < 1.29 is 18.0 Å². The second kappa shape index (κ2) is 9.94. The maximum Gasteiger partial charge on any atom is 0.452 e. The highest BCUT2D eigenvalue weighted by molar-refractivity contribution is 7.80. The smallest absolute Gasteiger partial charge is 0.415 e. The molecule has 0 unspecified atom stereocenters. The molecule has 0 aliphatic rings. The molecule has 30 heavy (non-hydrogen) atoms. The Morgan fingerprint density at radius 3 is 2.03 bits per heavy atom. The minimum Gasteiger partial charge on any atom is -0.415 e. The first-order chi connectivity index (χ1) is 14.4. The number of nitrogens with one attached hydrogen (secondary N) is 2. The molecule has 0 aliphatic carbocycles. The first-order valence-electron chi connectivity index (χ1n) is 8.97. The van der Waals surface area contributed by atoms with Crippen LogP contribution in [0.2, 0.25) is 5.02 Å². The molecule has 2 N–H and O–H groups in total. The minimum atomic E-state index is -3.75. The van der Waals surface area contributed by atoms with Gasteiger partial charge in [0.1, 0.15) is 17.3 Å². The van der Waals surface area contributed by atoms with Crippen LogP contribution in [0.1, 0.15) is 6.92 Å². The van der Waals surface area contributed by atoms with Crippen molar-refractivity contribution in [2.24, 2.45) is 0 Å². The molecular formula is C21H19ClFN2O3PS. The Balaban J connectivity index is 1.76. The summed E-state index contributed by atoms with van der Waals surface area (Å²) in [7, 11) is -3.75. The molecule has 0 fully saturated rings. The Morgan fingerprint density at radius 2 is 1.53 bits per heavy atom. The van der Waals surface area contributed by atoms with Crippen molar-refractivity contribution in [3.05, 3.63) is 89.7 Å². The lowest BCUT2D eigenvalue weighted by molar-refractivity contribution is 0.371. The molecule has 0 amide bonds. The van der Waals surface area contributed by atoms with E-state index in [1.807, 2.05) is 12.1 Å². The molecule has 3 rings (SSSR count). The third-order valence-corrected chi connectivity index (χ3v) is 6.46. The molecule has 0 heterocycles. The number of hydrogen-bond donors (Lipinski definition) is 2. The van der Waals surface area contributed by atoms with E-state index in [0.29, 0.717) is 17.2 Å². The van der Waals surface area contributed by atoms with E-state index in [1.54, 1.807) is 55.5 Å². The Morgan fingerprint density at radius 1 is 1.00 bits per heavy atom. The number of para-hydroxylation sites is 2. The molecule has 0 bridgehead atoms. The van der Waals surface area contributed by atoms with Crippen molar-refractivity contribution in [2.75, 3.05) is 5.32 Å². The summed E-state index contributed by atoms with van der Waals surface area (Å²) in [6, 6.07) is 21.6. The maximum absolute atomic E-state index is 13.7. The summed E-state index contributed by atoms with van der Waals surface area (Å²) in [5.41, 5.74) is 0.480. The van der Waals surface area contributed by atoms with Crippen LogP contribution in [0.25, 0.3) is 0 Å². The van der Waals surface area contributed by atoms with Gasteiger partial charge in [-0.3, -0.25) is 0 Å². The lowest BCUT2D eigenvalue weighted by Gasteiger charge is -2.26. The lowest BCUT2D eigenvalue weighted by Crippen LogP contribution is -2.37. The van der Waals surface area contributed by atoms with Gasteiger partial charge in [-0.15, -0.1) is 0 Å². The van der Waals surface area contributed by atoms with Crippen molar-refractivity contribution in [3.63, 3.8) is 0 Å². The number of rotatable bonds is 7. The van der Waals surface area contributed by atoms with Crippen molar-refractivity contribution in [2.45, 2.75) is 12.7 Å². The predicted octanol–water partition coefficient (Wildman–Crippen LogP) is 6.46. The normalized spacial score (nSPS) is 12.0. The first kappa shape index (κ1) is 22.1. The second-order valence-electron chi connectivity index (χ2n) is 6.25. The summed E-state index contributed by atoms with van der Waals surface area (Å²) < 4.78 is 38.5. The van der Waals surface area contributed by atoms with Gasteiger partial charge in [-0.2, -0.15) is 0 Å². The first-order valence-corrected chi connectivity index (χ1v) is 11.4. The van der Waals surface area contributed by atoms with Gasteiger partial charge in [-0.25, -0.2) is 8.96 Å². The van der Waals surface area contributed by atoms with Crippen molar-refractivity contribution in [3.8, 4) is 11.5 Å². The molecule has 0 aromatic heterocycles. The third kappa shape index (κ3) is 5.95. The zero-order valence-corrected chi connectivity index (χ0v) is 18.4. The molecule has 1 atom stereocenters. The van der Waals surface area contributed by atoms with Gasteiger partial charge in [0.05, 0.1) is 5.02 Å². The van der Waals surface area contributed by atoms with E-state index in [1.165, 1.54) is 18.2 Å². The predicted molar refractivity (Wildman–Crippen MR) is 122 cm³/mol.